The third-order valence-corrected chi connectivity index (χ3v) is 6.20. The van der Waals surface area contributed by atoms with Gasteiger partial charge in [0.05, 0.1) is 16.4 Å². The second-order valence-electron chi connectivity index (χ2n) is 6.41. The van der Waals surface area contributed by atoms with E-state index in [1.54, 1.807) is 26.0 Å². The van der Waals surface area contributed by atoms with Crippen LogP contribution in [-0.4, -0.2) is 36.6 Å². The zero-order valence-electron chi connectivity index (χ0n) is 16.0. The Kier molecular flexibility index (Phi) is 6.87. The van der Waals surface area contributed by atoms with Gasteiger partial charge in [-0.25, -0.2) is 8.42 Å². The third-order valence-electron chi connectivity index (χ3n) is 4.21. The number of amides is 1. The molecule has 1 amide bonds. The number of rotatable bonds is 8. The second-order valence-corrected chi connectivity index (χ2v) is 8.31. The fraction of sp³-hybridized carbons (Fsp3) is 0.316. The van der Waals surface area contributed by atoms with Crippen molar-refractivity contribution in [3.8, 4) is 0 Å². The van der Waals surface area contributed by atoms with Crippen LogP contribution in [0.5, 0.6) is 0 Å². The van der Waals surface area contributed by atoms with E-state index in [9.17, 15) is 23.3 Å². The maximum absolute atomic E-state index is 13.1. The maximum Gasteiger partial charge on any atom is 0.270 e. The Labute approximate surface area is 164 Å². The standard InChI is InChI=1S/C19H23N3O5S/c1-4-11-21(13-19(23)20-17-8-6-5-7-14(17)2)28(26,27)18-12-16(22(24)25)10-9-15(18)3/h5-10,12H,4,11,13H2,1-3H3,(H,20,23). The molecule has 0 unspecified atom stereocenters. The Bertz CT molecular complexity index is 989. The van der Waals surface area contributed by atoms with Crippen LogP contribution in [0.3, 0.4) is 0 Å². The molecule has 0 aliphatic heterocycles. The smallest absolute Gasteiger partial charge is 0.270 e. The number of hydrogen-bond acceptors (Lipinski definition) is 5. The Morgan fingerprint density at radius 2 is 1.82 bits per heavy atom. The third kappa shape index (κ3) is 4.93. The molecule has 0 bridgehead atoms. The van der Waals surface area contributed by atoms with E-state index in [1.807, 2.05) is 19.1 Å². The van der Waals surface area contributed by atoms with Crippen molar-refractivity contribution in [2.24, 2.45) is 0 Å². The molecule has 2 rings (SSSR count). The summed E-state index contributed by atoms with van der Waals surface area (Å²) < 4.78 is 27.2. The van der Waals surface area contributed by atoms with Crippen LogP contribution in [0.15, 0.2) is 47.4 Å². The number of nitrogens with zero attached hydrogens (tertiary/aromatic N) is 2. The van der Waals surface area contributed by atoms with E-state index in [-0.39, 0.29) is 23.7 Å². The number of benzene rings is 2. The highest BCUT2D eigenvalue weighted by molar-refractivity contribution is 7.89. The van der Waals surface area contributed by atoms with Crippen molar-refractivity contribution in [1.82, 2.24) is 4.31 Å². The molecule has 0 heterocycles. The van der Waals surface area contributed by atoms with Crippen molar-refractivity contribution < 1.29 is 18.1 Å². The predicted octanol–water partition coefficient (Wildman–Crippen LogP) is 3.25. The molecule has 9 heteroatoms. The van der Waals surface area contributed by atoms with Crippen LogP contribution in [0.2, 0.25) is 0 Å². The van der Waals surface area contributed by atoms with E-state index in [1.165, 1.54) is 12.1 Å². The summed E-state index contributed by atoms with van der Waals surface area (Å²) in [6, 6.07) is 10.9. The molecular formula is C19H23N3O5S. The fourth-order valence-electron chi connectivity index (χ4n) is 2.72. The van der Waals surface area contributed by atoms with Crippen LogP contribution in [0, 0.1) is 24.0 Å². The molecular weight excluding hydrogens is 382 g/mol. The number of para-hydroxylation sites is 1. The lowest BCUT2D eigenvalue weighted by molar-refractivity contribution is -0.385. The zero-order chi connectivity index (χ0) is 20.9. The molecule has 0 aliphatic rings. The number of aryl methyl sites for hydroxylation is 2. The number of nitro benzene ring substituents is 1. The van der Waals surface area contributed by atoms with Gasteiger partial charge in [0.1, 0.15) is 0 Å². The van der Waals surface area contributed by atoms with E-state index < -0.39 is 20.9 Å². The van der Waals surface area contributed by atoms with Crippen molar-refractivity contribution in [3.63, 3.8) is 0 Å². The average molecular weight is 405 g/mol. The van der Waals surface area contributed by atoms with Gasteiger partial charge in [-0.15, -0.1) is 0 Å². The number of nitrogens with one attached hydrogen (secondary N) is 1. The number of anilines is 1. The van der Waals surface area contributed by atoms with E-state index >= 15 is 0 Å². The minimum Gasteiger partial charge on any atom is -0.325 e. The summed E-state index contributed by atoms with van der Waals surface area (Å²) in [4.78, 5) is 22.7. The van der Waals surface area contributed by atoms with E-state index in [0.717, 1.165) is 15.9 Å². The first-order chi connectivity index (χ1) is 13.2. The average Bonchev–Trinajstić information content (AvgIpc) is 2.63. The molecule has 0 spiro atoms. The molecule has 0 aliphatic carbocycles. The summed E-state index contributed by atoms with van der Waals surface area (Å²) in [7, 11) is -4.08. The lowest BCUT2D eigenvalue weighted by Crippen LogP contribution is -2.38. The van der Waals surface area contributed by atoms with Gasteiger partial charge in [0.2, 0.25) is 15.9 Å². The Hall–Kier alpha value is -2.78. The van der Waals surface area contributed by atoms with Crippen molar-refractivity contribution in [3.05, 3.63) is 63.7 Å². The van der Waals surface area contributed by atoms with Gasteiger partial charge >= 0.3 is 0 Å². The van der Waals surface area contributed by atoms with Gasteiger partial charge in [-0.05, 0) is 37.5 Å². The Morgan fingerprint density at radius 3 is 2.43 bits per heavy atom. The fourth-order valence-corrected chi connectivity index (χ4v) is 4.45. The van der Waals surface area contributed by atoms with Crippen LogP contribution >= 0.6 is 0 Å². The van der Waals surface area contributed by atoms with Gasteiger partial charge in [0.15, 0.2) is 0 Å². The second kappa shape index (κ2) is 8.94. The summed E-state index contributed by atoms with van der Waals surface area (Å²) in [6.45, 7) is 4.93. The first kappa shape index (κ1) is 21.5. The molecule has 0 saturated carbocycles. The molecule has 0 atom stereocenters. The molecule has 150 valence electrons. The monoisotopic (exact) mass is 405 g/mol. The Morgan fingerprint density at radius 1 is 1.14 bits per heavy atom. The van der Waals surface area contributed by atoms with Gasteiger partial charge in [-0.1, -0.05) is 31.2 Å². The number of carbonyl (C=O) groups excluding carboxylic acids is 1. The number of carbonyl (C=O) groups is 1. The largest absolute Gasteiger partial charge is 0.325 e. The zero-order valence-corrected chi connectivity index (χ0v) is 16.8. The van der Waals surface area contributed by atoms with Crippen LogP contribution in [-0.2, 0) is 14.8 Å². The first-order valence-electron chi connectivity index (χ1n) is 8.77. The molecule has 0 radical (unpaired) electrons. The molecule has 0 fully saturated rings. The molecule has 28 heavy (non-hydrogen) atoms. The van der Waals surface area contributed by atoms with Crippen molar-refractivity contribution >= 4 is 27.3 Å². The normalized spacial score (nSPS) is 11.4. The summed E-state index contributed by atoms with van der Waals surface area (Å²) >= 11 is 0. The van der Waals surface area contributed by atoms with Crippen molar-refractivity contribution in [1.29, 1.82) is 0 Å². The maximum atomic E-state index is 13.1. The molecule has 8 nitrogen and oxygen atoms in total. The summed E-state index contributed by atoms with van der Waals surface area (Å²) in [5, 5.41) is 13.7. The summed E-state index contributed by atoms with van der Waals surface area (Å²) in [5.41, 5.74) is 1.53. The van der Waals surface area contributed by atoms with Gasteiger partial charge < -0.3 is 5.32 Å². The van der Waals surface area contributed by atoms with Crippen LogP contribution in [0.4, 0.5) is 11.4 Å². The molecule has 0 saturated heterocycles. The SMILES string of the molecule is CCCN(CC(=O)Nc1ccccc1C)S(=O)(=O)c1cc([N+](=O)[O-])ccc1C. The van der Waals surface area contributed by atoms with Crippen molar-refractivity contribution in [2.45, 2.75) is 32.1 Å². The van der Waals surface area contributed by atoms with Crippen LogP contribution in [0.1, 0.15) is 24.5 Å². The lowest BCUT2D eigenvalue weighted by atomic mass is 10.2. The van der Waals surface area contributed by atoms with E-state index in [4.69, 9.17) is 0 Å². The highest BCUT2D eigenvalue weighted by Gasteiger charge is 2.29. The quantitative estimate of drug-likeness (QED) is 0.535. The van der Waals surface area contributed by atoms with Crippen LogP contribution < -0.4 is 5.32 Å². The number of hydrogen-bond donors (Lipinski definition) is 1. The predicted molar refractivity (Wildman–Crippen MR) is 107 cm³/mol. The minimum absolute atomic E-state index is 0.117. The topological polar surface area (TPSA) is 110 Å². The molecule has 1 N–H and O–H groups in total. The van der Waals surface area contributed by atoms with Gasteiger partial charge in [0, 0.05) is 24.4 Å². The number of nitro groups is 1. The Balaban J connectivity index is 2.31. The molecule has 0 aromatic heterocycles. The highest BCUT2D eigenvalue weighted by Crippen LogP contribution is 2.25. The van der Waals surface area contributed by atoms with Gasteiger partial charge in [0.25, 0.3) is 5.69 Å². The summed E-state index contributed by atoms with van der Waals surface area (Å²) in [6.07, 6.45) is 0.491. The lowest BCUT2D eigenvalue weighted by Gasteiger charge is -2.22. The summed E-state index contributed by atoms with van der Waals surface area (Å²) in [5.74, 6) is -0.477. The van der Waals surface area contributed by atoms with E-state index in [2.05, 4.69) is 5.32 Å². The van der Waals surface area contributed by atoms with Gasteiger partial charge in [-0.2, -0.15) is 4.31 Å². The van der Waals surface area contributed by atoms with Gasteiger partial charge in [-0.3, -0.25) is 14.9 Å². The number of sulfonamides is 1. The van der Waals surface area contributed by atoms with E-state index in [0.29, 0.717) is 17.7 Å². The highest BCUT2D eigenvalue weighted by atomic mass is 32.2. The first-order valence-corrected chi connectivity index (χ1v) is 10.2. The molecule has 2 aromatic rings. The van der Waals surface area contributed by atoms with Crippen molar-refractivity contribution in [2.75, 3.05) is 18.4 Å². The minimum atomic E-state index is -4.08. The molecule has 2 aromatic carbocycles. The van der Waals surface area contributed by atoms with Crippen LogP contribution in [0.25, 0.3) is 0 Å². The number of non-ortho nitro benzene ring substituents is 1.